The van der Waals surface area contributed by atoms with Crippen molar-refractivity contribution in [1.29, 1.82) is 0 Å². The van der Waals surface area contributed by atoms with Crippen molar-refractivity contribution in [2.24, 2.45) is 5.92 Å². The maximum Gasteiger partial charge on any atom is 0.227 e. The minimum absolute atomic E-state index is 0.235. The molecular formula is C29H42N2O4. The van der Waals surface area contributed by atoms with E-state index in [1.165, 1.54) is 16.7 Å². The third-order valence-electron chi connectivity index (χ3n) is 6.94. The third kappa shape index (κ3) is 6.91. The van der Waals surface area contributed by atoms with E-state index in [0.29, 0.717) is 6.42 Å². The van der Waals surface area contributed by atoms with Crippen LogP contribution in [0.4, 0.5) is 0 Å². The number of carbonyl (C=O) groups is 1. The number of aryl methyl sites for hydroxylation is 1. The molecule has 0 spiro atoms. The van der Waals surface area contributed by atoms with Crippen LogP contribution in [0.25, 0.3) is 0 Å². The summed E-state index contributed by atoms with van der Waals surface area (Å²) in [4.78, 5) is 16.6. The molecule has 0 N–H and O–H groups in total. The lowest BCUT2D eigenvalue weighted by molar-refractivity contribution is -0.130. The van der Waals surface area contributed by atoms with Gasteiger partial charge in [-0.15, -0.1) is 0 Å². The second kappa shape index (κ2) is 12.3. The SMILES string of the molecule is COc1cc2c(cc1C)CCN(CCCN(C)C)C(=O)C2.COc1cc2c(cc1OC)CC(C)C2. The Balaban J connectivity index is 0.000000211. The zero-order valence-electron chi connectivity index (χ0n) is 22.6. The fourth-order valence-electron chi connectivity index (χ4n) is 5.04. The van der Waals surface area contributed by atoms with E-state index in [9.17, 15) is 4.79 Å². The van der Waals surface area contributed by atoms with Crippen molar-refractivity contribution in [3.05, 3.63) is 52.1 Å². The van der Waals surface area contributed by atoms with Crippen LogP contribution in [0.5, 0.6) is 17.2 Å². The largest absolute Gasteiger partial charge is 0.496 e. The van der Waals surface area contributed by atoms with Gasteiger partial charge in [-0.3, -0.25) is 4.79 Å². The Morgan fingerprint density at radius 1 is 0.886 bits per heavy atom. The molecule has 2 aromatic rings. The summed E-state index contributed by atoms with van der Waals surface area (Å²) in [6, 6.07) is 8.42. The summed E-state index contributed by atoms with van der Waals surface area (Å²) in [6.07, 6.45) is 4.78. The quantitative estimate of drug-likeness (QED) is 0.588. The number of carbonyl (C=O) groups excluding carboxylic acids is 1. The van der Waals surface area contributed by atoms with Crippen LogP contribution in [0.1, 0.15) is 41.2 Å². The number of fused-ring (bicyclic) bond motifs is 2. The highest BCUT2D eigenvalue weighted by molar-refractivity contribution is 5.80. The molecule has 6 nitrogen and oxygen atoms in total. The van der Waals surface area contributed by atoms with Crippen molar-refractivity contribution >= 4 is 5.91 Å². The molecule has 1 aliphatic heterocycles. The smallest absolute Gasteiger partial charge is 0.227 e. The standard InChI is InChI=1S/C17H26N2O2.C12H16O2/c1-13-10-14-6-9-19(8-5-7-18(2)3)17(20)12-15(14)11-16(13)21-4;1-8-4-9-6-11(13-2)12(14-3)7-10(9)5-8/h10-11H,5-9,12H2,1-4H3;6-8H,4-5H2,1-3H3. The molecule has 0 bridgehead atoms. The highest BCUT2D eigenvalue weighted by Crippen LogP contribution is 2.36. The molecule has 0 radical (unpaired) electrons. The summed E-state index contributed by atoms with van der Waals surface area (Å²) in [5.41, 5.74) is 6.38. The Bertz CT molecular complexity index is 985. The maximum absolute atomic E-state index is 12.4. The van der Waals surface area contributed by atoms with Gasteiger partial charge in [0.25, 0.3) is 0 Å². The summed E-state index contributed by atoms with van der Waals surface area (Å²) in [5.74, 6) is 3.56. The van der Waals surface area contributed by atoms with Gasteiger partial charge in [0.2, 0.25) is 5.91 Å². The topological polar surface area (TPSA) is 51.2 Å². The summed E-state index contributed by atoms with van der Waals surface area (Å²) < 4.78 is 15.9. The first-order chi connectivity index (χ1) is 16.7. The third-order valence-corrected chi connectivity index (χ3v) is 6.94. The van der Waals surface area contributed by atoms with Crippen molar-refractivity contribution < 1.29 is 19.0 Å². The lowest BCUT2D eigenvalue weighted by atomic mass is 9.99. The van der Waals surface area contributed by atoms with Crippen molar-refractivity contribution in [3.63, 3.8) is 0 Å². The summed E-state index contributed by atoms with van der Waals surface area (Å²) >= 11 is 0. The van der Waals surface area contributed by atoms with E-state index in [2.05, 4.69) is 51.0 Å². The van der Waals surface area contributed by atoms with Crippen LogP contribution in [-0.4, -0.2) is 70.8 Å². The molecular weight excluding hydrogens is 440 g/mol. The molecule has 1 aliphatic carbocycles. The van der Waals surface area contributed by atoms with Crippen LogP contribution in [-0.2, 0) is 30.5 Å². The molecule has 6 heteroatoms. The Kier molecular flexibility index (Phi) is 9.44. The van der Waals surface area contributed by atoms with E-state index in [1.807, 2.05) is 11.0 Å². The highest BCUT2D eigenvalue weighted by Gasteiger charge is 2.22. The molecule has 0 saturated carbocycles. The second-order valence-corrected chi connectivity index (χ2v) is 10.0. The minimum atomic E-state index is 0.235. The minimum Gasteiger partial charge on any atom is -0.496 e. The number of benzene rings is 2. The molecule has 2 aromatic carbocycles. The van der Waals surface area contributed by atoms with Gasteiger partial charge in [-0.05, 0) is 105 Å². The van der Waals surface area contributed by atoms with Crippen molar-refractivity contribution in [3.8, 4) is 17.2 Å². The van der Waals surface area contributed by atoms with E-state index in [0.717, 1.165) is 79.6 Å². The fraction of sp³-hybridized carbons (Fsp3) is 0.552. The summed E-state index contributed by atoms with van der Waals surface area (Å²) in [6.45, 7) is 7.02. The van der Waals surface area contributed by atoms with Gasteiger partial charge < -0.3 is 24.0 Å². The molecule has 0 saturated heterocycles. The average molecular weight is 483 g/mol. The molecule has 0 unspecified atom stereocenters. The lowest BCUT2D eigenvalue weighted by Crippen LogP contribution is -2.34. The van der Waals surface area contributed by atoms with Crippen molar-refractivity contribution in [1.82, 2.24) is 9.80 Å². The fourth-order valence-corrected chi connectivity index (χ4v) is 5.04. The Morgan fingerprint density at radius 2 is 1.46 bits per heavy atom. The number of hydrogen-bond donors (Lipinski definition) is 0. The van der Waals surface area contributed by atoms with E-state index in [4.69, 9.17) is 14.2 Å². The first-order valence-electron chi connectivity index (χ1n) is 12.6. The van der Waals surface area contributed by atoms with Gasteiger partial charge >= 0.3 is 0 Å². The van der Waals surface area contributed by atoms with Crippen LogP contribution in [0.15, 0.2) is 24.3 Å². The average Bonchev–Trinajstić information content (AvgIpc) is 3.12. The first kappa shape index (κ1) is 26.9. The molecule has 192 valence electrons. The predicted molar refractivity (Wildman–Crippen MR) is 141 cm³/mol. The van der Waals surface area contributed by atoms with Gasteiger partial charge in [0, 0.05) is 13.1 Å². The molecule has 2 aliphatic rings. The summed E-state index contributed by atoms with van der Waals surface area (Å²) in [5, 5.41) is 0. The second-order valence-electron chi connectivity index (χ2n) is 10.0. The lowest BCUT2D eigenvalue weighted by Gasteiger charge is -2.21. The zero-order valence-corrected chi connectivity index (χ0v) is 22.6. The number of rotatable bonds is 7. The van der Waals surface area contributed by atoms with E-state index in [1.54, 1.807) is 21.3 Å². The molecule has 35 heavy (non-hydrogen) atoms. The van der Waals surface area contributed by atoms with Crippen molar-refractivity contribution in [2.45, 2.75) is 46.0 Å². The summed E-state index contributed by atoms with van der Waals surface area (Å²) in [7, 11) is 9.18. The van der Waals surface area contributed by atoms with Crippen LogP contribution in [0.2, 0.25) is 0 Å². The number of methoxy groups -OCH3 is 3. The zero-order chi connectivity index (χ0) is 25.5. The number of amides is 1. The van der Waals surface area contributed by atoms with E-state index < -0.39 is 0 Å². The maximum atomic E-state index is 12.4. The molecule has 1 amide bonds. The van der Waals surface area contributed by atoms with Gasteiger partial charge in [0.15, 0.2) is 11.5 Å². The van der Waals surface area contributed by atoms with Gasteiger partial charge in [-0.25, -0.2) is 0 Å². The van der Waals surface area contributed by atoms with Crippen LogP contribution in [0.3, 0.4) is 0 Å². The van der Waals surface area contributed by atoms with Crippen LogP contribution >= 0.6 is 0 Å². The van der Waals surface area contributed by atoms with Gasteiger partial charge in [-0.2, -0.15) is 0 Å². The molecule has 4 rings (SSSR count). The van der Waals surface area contributed by atoms with Gasteiger partial charge in [-0.1, -0.05) is 13.0 Å². The number of ether oxygens (including phenoxy) is 3. The van der Waals surface area contributed by atoms with Crippen molar-refractivity contribution in [2.75, 3.05) is 55.1 Å². The molecule has 0 aromatic heterocycles. The van der Waals surface area contributed by atoms with Gasteiger partial charge in [0.1, 0.15) is 5.75 Å². The molecule has 0 fully saturated rings. The molecule has 1 heterocycles. The van der Waals surface area contributed by atoms with E-state index >= 15 is 0 Å². The predicted octanol–water partition coefficient (Wildman–Crippen LogP) is 4.32. The number of hydrogen-bond acceptors (Lipinski definition) is 5. The molecule has 0 atom stereocenters. The van der Waals surface area contributed by atoms with Gasteiger partial charge in [0.05, 0.1) is 27.8 Å². The Labute approximate surface area is 211 Å². The number of nitrogens with zero attached hydrogens (tertiary/aromatic N) is 2. The van der Waals surface area contributed by atoms with E-state index in [-0.39, 0.29) is 5.91 Å². The Hall–Kier alpha value is -2.73. The van der Waals surface area contributed by atoms with Crippen LogP contribution < -0.4 is 14.2 Å². The Morgan fingerprint density at radius 3 is 2.00 bits per heavy atom. The normalized spacial score (nSPS) is 15.2. The monoisotopic (exact) mass is 482 g/mol. The van der Waals surface area contributed by atoms with Crippen LogP contribution in [0, 0.1) is 12.8 Å². The highest BCUT2D eigenvalue weighted by atomic mass is 16.5. The first-order valence-corrected chi connectivity index (χ1v) is 12.6.